The lowest BCUT2D eigenvalue weighted by Crippen LogP contribution is -2.24. The predicted octanol–water partition coefficient (Wildman–Crippen LogP) is 5.96. The largest absolute Gasteiger partial charge is 0.484 e. The Morgan fingerprint density at radius 3 is 2.48 bits per heavy atom. The zero-order valence-electron chi connectivity index (χ0n) is 17.0. The maximum atomic E-state index is 12.7. The third-order valence-electron chi connectivity index (χ3n) is 4.42. The van der Waals surface area contributed by atoms with Crippen LogP contribution in [0.1, 0.15) is 15.2 Å². The molecule has 1 N–H and O–H groups in total. The number of fused-ring (bicyclic) bond motifs is 1. The van der Waals surface area contributed by atoms with Crippen LogP contribution >= 0.6 is 34.5 Å². The van der Waals surface area contributed by atoms with Crippen LogP contribution in [0.5, 0.6) is 11.5 Å². The number of nitrogens with zero attached hydrogens (tertiary/aromatic N) is 1. The van der Waals surface area contributed by atoms with Gasteiger partial charge in [-0.1, -0.05) is 53.5 Å². The number of ether oxygens (including phenoxy) is 2. The van der Waals surface area contributed by atoms with Gasteiger partial charge in [0.2, 0.25) is 0 Å². The van der Waals surface area contributed by atoms with Crippen LogP contribution in [0.4, 0.5) is 0 Å². The molecule has 166 valence electrons. The lowest BCUT2D eigenvalue weighted by molar-refractivity contribution is -0.123. The molecular formula is C24H16Cl2N2O4S. The molecule has 1 heterocycles. The lowest BCUT2D eigenvalue weighted by Gasteiger charge is -2.07. The van der Waals surface area contributed by atoms with Gasteiger partial charge in [0.05, 0.1) is 11.2 Å². The van der Waals surface area contributed by atoms with Crippen molar-refractivity contribution in [3.05, 3.63) is 93.3 Å². The van der Waals surface area contributed by atoms with Crippen LogP contribution in [-0.4, -0.2) is 24.7 Å². The summed E-state index contributed by atoms with van der Waals surface area (Å²) >= 11 is 13.5. The van der Waals surface area contributed by atoms with Gasteiger partial charge in [0.1, 0.15) is 16.4 Å². The molecular weight excluding hydrogens is 483 g/mol. The first-order chi connectivity index (χ1) is 16.0. The Hall–Kier alpha value is -3.39. The summed E-state index contributed by atoms with van der Waals surface area (Å²) in [6, 6.07) is 20.9. The smallest absolute Gasteiger partial charge is 0.355 e. The second kappa shape index (κ2) is 10.5. The summed E-state index contributed by atoms with van der Waals surface area (Å²) < 4.78 is 11.8. The number of hydrogen-bond donors (Lipinski definition) is 1. The first kappa shape index (κ1) is 22.8. The normalized spacial score (nSPS) is 11.0. The van der Waals surface area contributed by atoms with E-state index in [1.807, 2.05) is 24.3 Å². The maximum Gasteiger partial charge on any atom is 0.355 e. The van der Waals surface area contributed by atoms with E-state index in [4.69, 9.17) is 32.7 Å². The molecule has 0 spiro atoms. The SMILES string of the molecule is O=C(COc1ccc(Cl)cc1)N/N=C/c1ccccc1OC(=O)c1sc2ccccc2c1Cl. The minimum atomic E-state index is -0.567. The summed E-state index contributed by atoms with van der Waals surface area (Å²) in [6.45, 7) is -0.222. The molecule has 0 saturated heterocycles. The number of thiophene rings is 1. The number of carbonyl (C=O) groups is 2. The highest BCUT2D eigenvalue weighted by atomic mass is 35.5. The van der Waals surface area contributed by atoms with E-state index in [0.29, 0.717) is 26.2 Å². The van der Waals surface area contributed by atoms with E-state index in [9.17, 15) is 9.59 Å². The van der Waals surface area contributed by atoms with Gasteiger partial charge in [-0.15, -0.1) is 11.3 Å². The second-order valence-corrected chi connectivity index (χ2v) is 8.57. The number of hydrogen-bond acceptors (Lipinski definition) is 6. The number of para-hydroxylation sites is 1. The molecule has 0 atom stereocenters. The van der Waals surface area contributed by atoms with E-state index in [-0.39, 0.29) is 12.4 Å². The Morgan fingerprint density at radius 1 is 0.970 bits per heavy atom. The molecule has 0 radical (unpaired) electrons. The molecule has 4 rings (SSSR count). The van der Waals surface area contributed by atoms with E-state index >= 15 is 0 Å². The van der Waals surface area contributed by atoms with Gasteiger partial charge >= 0.3 is 5.97 Å². The van der Waals surface area contributed by atoms with Crippen molar-refractivity contribution in [2.75, 3.05) is 6.61 Å². The van der Waals surface area contributed by atoms with E-state index < -0.39 is 11.9 Å². The third-order valence-corrected chi connectivity index (χ3v) is 6.33. The molecule has 0 aliphatic heterocycles. The fraction of sp³-hybridized carbons (Fsp3) is 0.0417. The van der Waals surface area contributed by atoms with Crippen LogP contribution in [0, 0.1) is 0 Å². The molecule has 0 aliphatic rings. The van der Waals surface area contributed by atoms with Gasteiger partial charge in [0.25, 0.3) is 5.91 Å². The standard InChI is InChI=1S/C24H16Cl2N2O4S/c25-16-9-11-17(12-10-16)31-14-21(29)28-27-13-15-5-1-3-7-19(15)32-24(30)23-22(26)18-6-2-4-8-20(18)33-23/h1-13H,14H2,(H,28,29)/b27-13+. The summed E-state index contributed by atoms with van der Waals surface area (Å²) in [5.74, 6) is -0.225. The molecule has 0 fully saturated rings. The van der Waals surface area contributed by atoms with Crippen LogP contribution in [0.2, 0.25) is 10.0 Å². The van der Waals surface area contributed by atoms with Crippen LogP contribution < -0.4 is 14.9 Å². The minimum absolute atomic E-state index is 0.222. The average Bonchev–Trinajstić information content (AvgIpc) is 3.16. The lowest BCUT2D eigenvalue weighted by atomic mass is 10.2. The second-order valence-electron chi connectivity index (χ2n) is 6.70. The van der Waals surface area contributed by atoms with Crippen molar-refractivity contribution in [2.45, 2.75) is 0 Å². The van der Waals surface area contributed by atoms with Gasteiger partial charge in [-0.3, -0.25) is 4.79 Å². The van der Waals surface area contributed by atoms with Gasteiger partial charge in [-0.2, -0.15) is 5.10 Å². The molecule has 1 aromatic heterocycles. The van der Waals surface area contributed by atoms with Crippen molar-refractivity contribution in [3.63, 3.8) is 0 Å². The van der Waals surface area contributed by atoms with Crippen molar-refractivity contribution in [1.29, 1.82) is 0 Å². The number of esters is 1. The van der Waals surface area contributed by atoms with Crippen molar-refractivity contribution in [3.8, 4) is 11.5 Å². The Kier molecular flexibility index (Phi) is 7.24. The summed E-state index contributed by atoms with van der Waals surface area (Å²) in [4.78, 5) is 25.0. The first-order valence-electron chi connectivity index (χ1n) is 9.70. The molecule has 33 heavy (non-hydrogen) atoms. The summed E-state index contributed by atoms with van der Waals surface area (Å²) in [7, 11) is 0. The fourth-order valence-corrected chi connectivity index (χ4v) is 4.37. The van der Waals surface area contributed by atoms with Crippen LogP contribution in [-0.2, 0) is 4.79 Å². The Labute approximate surface area is 203 Å². The predicted molar refractivity (Wildman–Crippen MR) is 131 cm³/mol. The highest BCUT2D eigenvalue weighted by Gasteiger charge is 2.19. The zero-order valence-corrected chi connectivity index (χ0v) is 19.3. The molecule has 9 heteroatoms. The van der Waals surface area contributed by atoms with Gasteiger partial charge < -0.3 is 9.47 Å². The van der Waals surface area contributed by atoms with Crippen LogP contribution in [0.15, 0.2) is 77.9 Å². The monoisotopic (exact) mass is 498 g/mol. The van der Waals surface area contributed by atoms with Gasteiger partial charge in [-0.05, 0) is 42.5 Å². The Morgan fingerprint density at radius 2 is 1.70 bits per heavy atom. The number of amides is 1. The average molecular weight is 499 g/mol. The highest BCUT2D eigenvalue weighted by molar-refractivity contribution is 7.21. The van der Waals surface area contributed by atoms with E-state index in [1.165, 1.54) is 17.6 Å². The molecule has 1 amide bonds. The van der Waals surface area contributed by atoms with E-state index in [2.05, 4.69) is 10.5 Å². The van der Waals surface area contributed by atoms with Crippen molar-refractivity contribution < 1.29 is 19.1 Å². The number of halogens is 2. The topological polar surface area (TPSA) is 77.0 Å². The highest BCUT2D eigenvalue weighted by Crippen LogP contribution is 2.36. The molecule has 0 unspecified atom stereocenters. The maximum absolute atomic E-state index is 12.7. The molecule has 6 nitrogen and oxygen atoms in total. The van der Waals surface area contributed by atoms with Crippen molar-refractivity contribution in [1.82, 2.24) is 5.43 Å². The molecule has 4 aromatic rings. The number of benzene rings is 3. The van der Waals surface area contributed by atoms with Crippen molar-refractivity contribution in [2.24, 2.45) is 5.10 Å². The van der Waals surface area contributed by atoms with E-state index in [1.54, 1.807) is 48.5 Å². The molecule has 0 bridgehead atoms. The van der Waals surface area contributed by atoms with Crippen LogP contribution in [0.25, 0.3) is 10.1 Å². The minimum Gasteiger partial charge on any atom is -0.484 e. The van der Waals surface area contributed by atoms with E-state index in [0.717, 1.165) is 10.1 Å². The number of carbonyl (C=O) groups excluding carboxylic acids is 2. The van der Waals surface area contributed by atoms with Crippen LogP contribution in [0.3, 0.4) is 0 Å². The Balaban J connectivity index is 1.39. The van der Waals surface area contributed by atoms with Gasteiger partial charge in [-0.25, -0.2) is 10.2 Å². The summed E-state index contributed by atoms with van der Waals surface area (Å²) in [6.07, 6.45) is 1.38. The molecule has 0 aliphatic carbocycles. The number of rotatable bonds is 7. The van der Waals surface area contributed by atoms with Crippen molar-refractivity contribution >= 4 is 62.7 Å². The van der Waals surface area contributed by atoms with Gasteiger partial charge in [0, 0.05) is 20.7 Å². The fourth-order valence-electron chi connectivity index (χ4n) is 2.86. The molecule has 0 saturated carbocycles. The third kappa shape index (κ3) is 5.70. The zero-order chi connectivity index (χ0) is 23.2. The summed E-state index contributed by atoms with van der Waals surface area (Å²) in [5, 5.41) is 5.66. The first-order valence-corrected chi connectivity index (χ1v) is 11.3. The number of nitrogens with one attached hydrogen (secondary N) is 1. The molecule has 3 aromatic carbocycles. The Bertz CT molecular complexity index is 1340. The summed E-state index contributed by atoms with van der Waals surface area (Å²) in [5.41, 5.74) is 2.87. The quantitative estimate of drug-likeness (QED) is 0.147. The number of hydrazone groups is 1. The van der Waals surface area contributed by atoms with Gasteiger partial charge in [0.15, 0.2) is 6.61 Å².